The van der Waals surface area contributed by atoms with Crippen LogP contribution in [0.2, 0.25) is 0 Å². The van der Waals surface area contributed by atoms with E-state index in [1.54, 1.807) is 18.4 Å². The van der Waals surface area contributed by atoms with Crippen molar-refractivity contribution >= 4 is 5.78 Å². The maximum absolute atomic E-state index is 11.9. The molecule has 1 saturated heterocycles. The van der Waals surface area contributed by atoms with E-state index in [0.717, 1.165) is 19.6 Å². The van der Waals surface area contributed by atoms with Gasteiger partial charge in [-0.15, -0.1) is 0 Å². The molecule has 0 bridgehead atoms. The second kappa shape index (κ2) is 4.80. The van der Waals surface area contributed by atoms with Crippen LogP contribution in [-0.2, 0) is 0 Å². The minimum atomic E-state index is 0.0946. The fourth-order valence-electron chi connectivity index (χ4n) is 2.07. The highest BCUT2D eigenvalue weighted by Crippen LogP contribution is 2.13. The summed E-state index contributed by atoms with van der Waals surface area (Å²) in [7, 11) is 4.17. The van der Waals surface area contributed by atoms with E-state index in [2.05, 4.69) is 23.9 Å². The highest BCUT2D eigenvalue weighted by atomic mass is 16.3. The van der Waals surface area contributed by atoms with Gasteiger partial charge >= 0.3 is 0 Å². The van der Waals surface area contributed by atoms with E-state index in [1.807, 2.05) is 0 Å². The first kappa shape index (κ1) is 11.4. The average Bonchev–Trinajstić information content (AvgIpc) is 2.76. The van der Waals surface area contributed by atoms with Gasteiger partial charge in [0.2, 0.25) is 0 Å². The zero-order chi connectivity index (χ0) is 11.5. The lowest BCUT2D eigenvalue weighted by molar-refractivity contribution is 0.0788. The van der Waals surface area contributed by atoms with Crippen LogP contribution >= 0.6 is 0 Å². The molecule has 1 fully saturated rings. The first-order valence-corrected chi connectivity index (χ1v) is 5.62. The van der Waals surface area contributed by atoms with Crippen molar-refractivity contribution in [1.29, 1.82) is 0 Å². The molecule has 2 rings (SSSR count). The summed E-state index contributed by atoms with van der Waals surface area (Å²) in [6, 6.07) is 3.79. The summed E-state index contributed by atoms with van der Waals surface area (Å²) in [6.07, 6.45) is 2.08. The van der Waals surface area contributed by atoms with Gasteiger partial charge in [-0.2, -0.15) is 0 Å². The molecule has 0 aliphatic carbocycles. The summed E-state index contributed by atoms with van der Waals surface area (Å²) >= 11 is 0. The predicted octanol–water partition coefficient (Wildman–Crippen LogP) is 1.10. The van der Waals surface area contributed by atoms with Crippen molar-refractivity contribution in [2.45, 2.75) is 12.5 Å². The van der Waals surface area contributed by atoms with E-state index >= 15 is 0 Å². The Morgan fingerprint density at radius 2 is 2.31 bits per heavy atom. The standard InChI is InChI=1S/C12H18N2O2/c1-13-5-6-14(2)10(9-13)8-11(15)12-4-3-7-16-12/h3-4,7,10H,5-6,8-9H2,1-2H3. The third kappa shape index (κ3) is 2.51. The number of nitrogens with zero attached hydrogens (tertiary/aromatic N) is 2. The first-order valence-electron chi connectivity index (χ1n) is 5.62. The molecule has 1 aromatic rings. The molecular formula is C12H18N2O2. The summed E-state index contributed by atoms with van der Waals surface area (Å²) in [5.41, 5.74) is 0. The molecule has 0 amide bonds. The molecule has 1 aromatic heterocycles. The molecular weight excluding hydrogens is 204 g/mol. The van der Waals surface area contributed by atoms with E-state index in [9.17, 15) is 4.79 Å². The second-order valence-corrected chi connectivity index (χ2v) is 4.50. The van der Waals surface area contributed by atoms with Gasteiger partial charge in [0, 0.05) is 32.1 Å². The molecule has 1 aliphatic rings. The van der Waals surface area contributed by atoms with Crippen molar-refractivity contribution in [1.82, 2.24) is 9.80 Å². The Balaban J connectivity index is 1.95. The fraction of sp³-hybridized carbons (Fsp3) is 0.583. The normalized spacial score (nSPS) is 23.5. The summed E-state index contributed by atoms with van der Waals surface area (Å²) in [5.74, 6) is 0.568. The summed E-state index contributed by atoms with van der Waals surface area (Å²) in [4.78, 5) is 16.4. The topological polar surface area (TPSA) is 36.7 Å². The van der Waals surface area contributed by atoms with Gasteiger partial charge in [-0.05, 0) is 26.2 Å². The van der Waals surface area contributed by atoms with E-state index in [1.165, 1.54) is 0 Å². The molecule has 88 valence electrons. The minimum absolute atomic E-state index is 0.0946. The van der Waals surface area contributed by atoms with E-state index in [-0.39, 0.29) is 5.78 Å². The fourth-order valence-corrected chi connectivity index (χ4v) is 2.07. The van der Waals surface area contributed by atoms with E-state index < -0.39 is 0 Å². The number of Topliss-reactive ketones (excluding diaryl/α,β-unsaturated/α-hetero) is 1. The molecule has 16 heavy (non-hydrogen) atoms. The first-order chi connectivity index (χ1) is 7.66. The number of rotatable bonds is 3. The Labute approximate surface area is 95.8 Å². The number of carbonyl (C=O) groups is 1. The Morgan fingerprint density at radius 3 is 3.00 bits per heavy atom. The van der Waals surface area contributed by atoms with E-state index in [4.69, 9.17) is 4.42 Å². The Bertz CT molecular complexity index is 348. The predicted molar refractivity (Wildman–Crippen MR) is 61.6 cm³/mol. The van der Waals surface area contributed by atoms with Crippen LogP contribution in [0.15, 0.2) is 22.8 Å². The van der Waals surface area contributed by atoms with Gasteiger partial charge in [0.15, 0.2) is 11.5 Å². The summed E-state index contributed by atoms with van der Waals surface area (Å²) in [5, 5.41) is 0. The van der Waals surface area contributed by atoms with Crippen molar-refractivity contribution in [2.75, 3.05) is 33.7 Å². The van der Waals surface area contributed by atoms with Crippen LogP contribution in [0.4, 0.5) is 0 Å². The minimum Gasteiger partial charge on any atom is -0.461 e. The van der Waals surface area contributed by atoms with Gasteiger partial charge in [0.05, 0.1) is 6.26 Å². The van der Waals surface area contributed by atoms with Gasteiger partial charge in [-0.25, -0.2) is 0 Å². The largest absolute Gasteiger partial charge is 0.461 e. The Kier molecular flexibility index (Phi) is 3.41. The Morgan fingerprint density at radius 1 is 1.50 bits per heavy atom. The third-order valence-corrected chi connectivity index (χ3v) is 3.20. The van der Waals surface area contributed by atoms with Crippen LogP contribution in [0, 0.1) is 0 Å². The summed E-state index contributed by atoms with van der Waals surface area (Å²) in [6.45, 7) is 3.04. The number of hydrogen-bond donors (Lipinski definition) is 0. The highest BCUT2D eigenvalue weighted by molar-refractivity contribution is 5.93. The van der Waals surface area contributed by atoms with Crippen LogP contribution in [-0.4, -0.2) is 55.4 Å². The highest BCUT2D eigenvalue weighted by Gasteiger charge is 2.25. The van der Waals surface area contributed by atoms with Gasteiger partial charge in [0.25, 0.3) is 0 Å². The van der Waals surface area contributed by atoms with Crippen molar-refractivity contribution in [3.05, 3.63) is 24.2 Å². The molecule has 0 spiro atoms. The third-order valence-electron chi connectivity index (χ3n) is 3.20. The van der Waals surface area contributed by atoms with Crippen molar-refractivity contribution in [3.8, 4) is 0 Å². The molecule has 0 N–H and O–H groups in total. The Hall–Kier alpha value is -1.13. The SMILES string of the molecule is CN1CCN(C)C(CC(=O)c2ccco2)C1. The lowest BCUT2D eigenvalue weighted by Crippen LogP contribution is -2.50. The lowest BCUT2D eigenvalue weighted by Gasteiger charge is -2.37. The zero-order valence-electron chi connectivity index (χ0n) is 9.85. The quantitative estimate of drug-likeness (QED) is 0.718. The maximum atomic E-state index is 11.9. The lowest BCUT2D eigenvalue weighted by atomic mass is 10.1. The number of furan rings is 1. The molecule has 1 atom stereocenters. The molecule has 4 heteroatoms. The van der Waals surface area contributed by atoms with Crippen LogP contribution in [0.5, 0.6) is 0 Å². The van der Waals surface area contributed by atoms with Crippen LogP contribution in [0.1, 0.15) is 17.0 Å². The van der Waals surface area contributed by atoms with Gasteiger partial charge in [-0.3, -0.25) is 4.79 Å². The maximum Gasteiger partial charge on any atom is 0.199 e. The van der Waals surface area contributed by atoms with Gasteiger partial charge in [-0.1, -0.05) is 0 Å². The van der Waals surface area contributed by atoms with E-state index in [0.29, 0.717) is 18.2 Å². The average molecular weight is 222 g/mol. The van der Waals surface area contributed by atoms with Crippen LogP contribution in [0.25, 0.3) is 0 Å². The molecule has 0 radical (unpaired) electrons. The van der Waals surface area contributed by atoms with Crippen LogP contribution in [0.3, 0.4) is 0 Å². The monoisotopic (exact) mass is 222 g/mol. The van der Waals surface area contributed by atoms with Crippen molar-refractivity contribution < 1.29 is 9.21 Å². The van der Waals surface area contributed by atoms with Crippen LogP contribution < -0.4 is 0 Å². The number of ketones is 1. The molecule has 4 nitrogen and oxygen atoms in total. The number of carbonyl (C=O) groups excluding carboxylic acids is 1. The molecule has 1 aliphatic heterocycles. The zero-order valence-corrected chi connectivity index (χ0v) is 9.85. The van der Waals surface area contributed by atoms with Gasteiger partial charge in [0.1, 0.15) is 0 Å². The van der Waals surface area contributed by atoms with Crippen molar-refractivity contribution in [2.24, 2.45) is 0 Å². The smallest absolute Gasteiger partial charge is 0.199 e. The molecule has 2 heterocycles. The summed E-state index contributed by atoms with van der Waals surface area (Å²) < 4.78 is 5.12. The van der Waals surface area contributed by atoms with Crippen molar-refractivity contribution in [3.63, 3.8) is 0 Å². The molecule has 0 saturated carbocycles. The second-order valence-electron chi connectivity index (χ2n) is 4.50. The molecule has 0 aromatic carbocycles. The molecule has 1 unspecified atom stereocenters. The number of likely N-dealkylation sites (N-methyl/N-ethyl adjacent to an activating group) is 2. The number of piperazine rings is 1. The van der Waals surface area contributed by atoms with Gasteiger partial charge < -0.3 is 14.2 Å². The number of hydrogen-bond acceptors (Lipinski definition) is 4.